The molecule has 9 aromatic rings. The quantitative estimate of drug-likeness (QED) is 0.147. The van der Waals surface area contributed by atoms with E-state index in [-0.39, 0.29) is 5.41 Å². The van der Waals surface area contributed by atoms with Crippen LogP contribution in [0.5, 0.6) is 0 Å². The zero-order valence-electron chi connectivity index (χ0n) is 39.6. The number of nitrogens with zero attached hydrogens (tertiary/aromatic N) is 1. The fraction of sp³-hybridized carbons (Fsp3) is 0.182. The predicted octanol–water partition coefficient (Wildman–Crippen LogP) is 16.8. The van der Waals surface area contributed by atoms with E-state index in [9.17, 15) is 0 Å². The summed E-state index contributed by atoms with van der Waals surface area (Å²) >= 11 is 0. The van der Waals surface area contributed by atoms with Crippen LogP contribution in [0.4, 0.5) is 17.1 Å². The zero-order valence-corrected chi connectivity index (χ0v) is 39.6. The molecule has 0 bridgehead atoms. The molecular formula is C66H57N. The maximum absolute atomic E-state index is 2.56. The van der Waals surface area contributed by atoms with Crippen molar-refractivity contribution in [2.45, 2.75) is 77.0 Å². The van der Waals surface area contributed by atoms with E-state index in [4.69, 9.17) is 0 Å². The van der Waals surface area contributed by atoms with Gasteiger partial charge in [0.2, 0.25) is 0 Å². The molecular weight excluding hydrogens is 807 g/mol. The van der Waals surface area contributed by atoms with Crippen molar-refractivity contribution in [2.75, 3.05) is 4.90 Å². The molecule has 1 unspecified atom stereocenters. The van der Waals surface area contributed by atoms with Crippen LogP contribution < -0.4 is 4.90 Å². The van der Waals surface area contributed by atoms with E-state index in [2.05, 4.69) is 247 Å². The number of hydrogen-bond donors (Lipinski definition) is 0. The molecule has 1 spiro atoms. The Bertz CT molecular complexity index is 3310. The summed E-state index contributed by atoms with van der Waals surface area (Å²) in [6.07, 6.45) is 2.97. The van der Waals surface area contributed by atoms with Crippen LogP contribution in [0.3, 0.4) is 0 Å². The third-order valence-electron chi connectivity index (χ3n) is 15.6. The first-order chi connectivity index (χ1) is 32.7. The van der Waals surface area contributed by atoms with Crippen LogP contribution in [-0.4, -0.2) is 0 Å². The highest BCUT2D eigenvalue weighted by Gasteiger charge is 2.52. The molecule has 9 aromatic carbocycles. The predicted molar refractivity (Wildman–Crippen MR) is 282 cm³/mol. The monoisotopic (exact) mass is 863 g/mol. The molecule has 0 radical (unpaired) electrons. The van der Waals surface area contributed by atoms with Crippen molar-refractivity contribution in [2.24, 2.45) is 0 Å². The number of aryl methyl sites for hydroxylation is 3. The van der Waals surface area contributed by atoms with Crippen LogP contribution in [0.2, 0.25) is 0 Å². The van der Waals surface area contributed by atoms with Crippen LogP contribution in [0, 0.1) is 0 Å². The Balaban J connectivity index is 1.13. The Hall–Kier alpha value is -7.22. The smallest absolute Gasteiger partial charge is 0.0726 e. The van der Waals surface area contributed by atoms with Gasteiger partial charge in [0, 0.05) is 17.1 Å². The van der Waals surface area contributed by atoms with Gasteiger partial charge in [0.25, 0.3) is 0 Å². The average molecular weight is 864 g/mol. The standard InChI is InChI=1S/C66H57N/c1-7-43-24-33-53-54-34-25-44(8-2)39-60(54)66(59(53)38-43)61-40-45(9-3)26-35-55(61)57-37-32-51(42-63(57)66)67(49-20-14-11-15-21-49)50-31-36-56-52-22-16-17-23-58(52)65(62(56)41-50,47-18-12-10-13-19-47)48-29-27-46(28-30-48)64(4,5)6/h10-42H,7-9H2,1-6H3. The zero-order chi connectivity index (χ0) is 45.7. The molecule has 1 nitrogen and oxygen atoms in total. The van der Waals surface area contributed by atoms with Crippen LogP contribution in [0.1, 0.15) is 108 Å². The second-order valence-electron chi connectivity index (χ2n) is 20.1. The number of hydrogen-bond acceptors (Lipinski definition) is 1. The Morgan fingerprint density at radius 2 is 0.716 bits per heavy atom. The normalized spacial score (nSPS) is 15.7. The van der Waals surface area contributed by atoms with Crippen molar-refractivity contribution in [3.05, 3.63) is 267 Å². The molecule has 0 fully saturated rings. The maximum atomic E-state index is 2.56. The first-order valence-electron chi connectivity index (χ1n) is 24.5. The lowest BCUT2D eigenvalue weighted by atomic mass is 9.67. The molecule has 0 saturated carbocycles. The van der Waals surface area contributed by atoms with Crippen molar-refractivity contribution in [1.29, 1.82) is 0 Å². The van der Waals surface area contributed by atoms with Gasteiger partial charge in [0.1, 0.15) is 0 Å². The van der Waals surface area contributed by atoms with Crippen molar-refractivity contribution < 1.29 is 0 Å². The summed E-state index contributed by atoms with van der Waals surface area (Å²) in [6, 6.07) is 77.4. The van der Waals surface area contributed by atoms with E-state index in [1.54, 1.807) is 0 Å². The van der Waals surface area contributed by atoms with E-state index in [0.717, 1.165) is 36.3 Å². The lowest BCUT2D eigenvalue weighted by Crippen LogP contribution is -2.29. The van der Waals surface area contributed by atoms with Crippen molar-refractivity contribution in [3.8, 4) is 33.4 Å². The molecule has 3 aliphatic carbocycles. The summed E-state index contributed by atoms with van der Waals surface area (Å²) in [5, 5.41) is 0. The summed E-state index contributed by atoms with van der Waals surface area (Å²) < 4.78 is 0. The van der Waals surface area contributed by atoms with Crippen LogP contribution in [0.15, 0.2) is 200 Å². The highest BCUT2D eigenvalue weighted by Crippen LogP contribution is 2.64. The largest absolute Gasteiger partial charge is 0.310 e. The van der Waals surface area contributed by atoms with E-state index in [0.29, 0.717) is 0 Å². The molecule has 0 aliphatic heterocycles. The van der Waals surface area contributed by atoms with Gasteiger partial charge in [-0.2, -0.15) is 0 Å². The SMILES string of the molecule is CCc1ccc2c(c1)C1(c3cc(CC)ccc3-2)c2cc(CC)ccc2-c2ccc(N(c3ccccc3)c3ccc4c(c3)C(c3ccccc3)(c3ccc(C(C)(C)C)cc3)c3ccccc3-4)cc21. The minimum absolute atomic E-state index is 0.0423. The third kappa shape index (κ3) is 5.93. The van der Waals surface area contributed by atoms with Gasteiger partial charge in [-0.1, -0.05) is 205 Å². The first-order valence-corrected chi connectivity index (χ1v) is 24.5. The minimum atomic E-state index is -0.534. The molecule has 67 heavy (non-hydrogen) atoms. The fourth-order valence-corrected chi connectivity index (χ4v) is 12.3. The highest BCUT2D eigenvalue weighted by atomic mass is 15.1. The van der Waals surface area contributed by atoms with E-state index >= 15 is 0 Å². The van der Waals surface area contributed by atoms with Gasteiger partial charge in [-0.15, -0.1) is 0 Å². The first kappa shape index (κ1) is 41.2. The highest BCUT2D eigenvalue weighted by molar-refractivity contribution is 5.97. The lowest BCUT2D eigenvalue weighted by Gasteiger charge is -2.35. The van der Waals surface area contributed by atoms with E-state index in [1.165, 1.54) is 100 Å². The number of fused-ring (bicyclic) bond motifs is 13. The second-order valence-corrected chi connectivity index (χ2v) is 20.1. The van der Waals surface area contributed by atoms with Crippen molar-refractivity contribution >= 4 is 17.1 Å². The van der Waals surface area contributed by atoms with Gasteiger partial charge < -0.3 is 4.90 Å². The Morgan fingerprint density at radius 3 is 1.19 bits per heavy atom. The molecule has 1 atom stereocenters. The summed E-state index contributed by atoms with van der Waals surface area (Å²) in [5.41, 5.74) is 26.6. The molecule has 0 heterocycles. The molecule has 0 saturated heterocycles. The van der Waals surface area contributed by atoms with Gasteiger partial charge in [-0.25, -0.2) is 0 Å². The molecule has 12 rings (SSSR count). The number of para-hydroxylation sites is 1. The van der Waals surface area contributed by atoms with Crippen LogP contribution in [0.25, 0.3) is 33.4 Å². The Kier molecular flexibility index (Phi) is 9.49. The number of anilines is 3. The van der Waals surface area contributed by atoms with Crippen LogP contribution in [-0.2, 0) is 35.5 Å². The molecule has 0 aromatic heterocycles. The molecule has 3 aliphatic rings. The summed E-state index contributed by atoms with van der Waals surface area (Å²) in [4.78, 5) is 2.51. The summed E-state index contributed by atoms with van der Waals surface area (Å²) in [6.45, 7) is 13.8. The summed E-state index contributed by atoms with van der Waals surface area (Å²) in [5.74, 6) is 0. The summed E-state index contributed by atoms with van der Waals surface area (Å²) in [7, 11) is 0. The third-order valence-corrected chi connectivity index (χ3v) is 15.6. The average Bonchev–Trinajstić information content (AvgIpc) is 3.95. The van der Waals surface area contributed by atoms with Crippen molar-refractivity contribution in [1.82, 2.24) is 0 Å². The lowest BCUT2D eigenvalue weighted by molar-refractivity contribution is 0.589. The molecule has 0 amide bonds. The van der Waals surface area contributed by atoms with Gasteiger partial charge in [-0.05, 0) is 161 Å². The second kappa shape index (κ2) is 15.4. The fourth-order valence-electron chi connectivity index (χ4n) is 12.3. The molecule has 326 valence electrons. The van der Waals surface area contributed by atoms with Gasteiger partial charge in [0.15, 0.2) is 0 Å². The Morgan fingerprint density at radius 1 is 0.328 bits per heavy atom. The van der Waals surface area contributed by atoms with Gasteiger partial charge >= 0.3 is 0 Å². The van der Waals surface area contributed by atoms with Gasteiger partial charge in [-0.3, -0.25) is 0 Å². The molecule has 0 N–H and O–H groups in total. The van der Waals surface area contributed by atoms with Crippen molar-refractivity contribution in [3.63, 3.8) is 0 Å². The maximum Gasteiger partial charge on any atom is 0.0726 e. The topological polar surface area (TPSA) is 3.24 Å². The minimum Gasteiger partial charge on any atom is -0.310 e. The number of benzene rings is 9. The Labute approximate surface area is 397 Å². The van der Waals surface area contributed by atoms with E-state index in [1.807, 2.05) is 0 Å². The van der Waals surface area contributed by atoms with E-state index < -0.39 is 10.8 Å². The number of rotatable bonds is 8. The van der Waals surface area contributed by atoms with Crippen LogP contribution >= 0.6 is 0 Å². The molecule has 1 heteroatoms. The van der Waals surface area contributed by atoms with Gasteiger partial charge in [0.05, 0.1) is 10.8 Å².